The molecule has 1 aromatic carbocycles. The SMILES string of the molecule is Cc1ccc(-c2nc(CN)c(C)[nH]2)cc1. The highest BCUT2D eigenvalue weighted by atomic mass is 14.9. The zero-order valence-electron chi connectivity index (χ0n) is 9.04. The molecular weight excluding hydrogens is 186 g/mol. The van der Waals surface area contributed by atoms with Gasteiger partial charge in [-0.15, -0.1) is 0 Å². The third-order valence-electron chi connectivity index (χ3n) is 2.50. The first-order chi connectivity index (χ1) is 7.20. The molecule has 0 radical (unpaired) electrons. The maximum Gasteiger partial charge on any atom is 0.137 e. The van der Waals surface area contributed by atoms with E-state index in [9.17, 15) is 0 Å². The van der Waals surface area contributed by atoms with Crippen molar-refractivity contribution in [3.63, 3.8) is 0 Å². The summed E-state index contributed by atoms with van der Waals surface area (Å²) in [5.74, 6) is 0.896. The number of hydrogen-bond donors (Lipinski definition) is 2. The van der Waals surface area contributed by atoms with Crippen LogP contribution in [0.1, 0.15) is 17.0 Å². The zero-order valence-corrected chi connectivity index (χ0v) is 9.04. The van der Waals surface area contributed by atoms with E-state index in [2.05, 4.69) is 41.2 Å². The molecule has 0 aliphatic rings. The van der Waals surface area contributed by atoms with Gasteiger partial charge >= 0.3 is 0 Å². The Balaban J connectivity index is 2.41. The minimum absolute atomic E-state index is 0.480. The minimum Gasteiger partial charge on any atom is -0.342 e. The number of H-pyrrole nitrogens is 1. The highest BCUT2D eigenvalue weighted by molar-refractivity contribution is 5.56. The van der Waals surface area contributed by atoms with E-state index in [1.807, 2.05) is 6.92 Å². The van der Waals surface area contributed by atoms with Crippen molar-refractivity contribution in [1.82, 2.24) is 9.97 Å². The summed E-state index contributed by atoms with van der Waals surface area (Å²) in [7, 11) is 0. The van der Waals surface area contributed by atoms with Crippen LogP contribution in [0.15, 0.2) is 24.3 Å². The van der Waals surface area contributed by atoms with Crippen LogP contribution in [0.25, 0.3) is 11.4 Å². The summed E-state index contributed by atoms with van der Waals surface area (Å²) in [4.78, 5) is 7.69. The molecule has 2 rings (SSSR count). The van der Waals surface area contributed by atoms with Crippen molar-refractivity contribution < 1.29 is 0 Å². The van der Waals surface area contributed by atoms with Crippen LogP contribution in [-0.4, -0.2) is 9.97 Å². The predicted molar refractivity (Wildman–Crippen MR) is 61.4 cm³/mol. The Bertz CT molecular complexity index is 454. The van der Waals surface area contributed by atoms with E-state index >= 15 is 0 Å². The highest BCUT2D eigenvalue weighted by Gasteiger charge is 2.06. The molecule has 0 spiro atoms. The zero-order chi connectivity index (χ0) is 10.8. The average Bonchev–Trinajstić information content (AvgIpc) is 2.61. The Morgan fingerprint density at radius 1 is 1.20 bits per heavy atom. The van der Waals surface area contributed by atoms with Gasteiger partial charge < -0.3 is 10.7 Å². The van der Waals surface area contributed by atoms with Crippen molar-refractivity contribution >= 4 is 0 Å². The Hall–Kier alpha value is -1.61. The fraction of sp³-hybridized carbons (Fsp3) is 0.250. The number of aromatic amines is 1. The number of nitrogens with two attached hydrogens (primary N) is 1. The first-order valence-electron chi connectivity index (χ1n) is 5.03. The molecular formula is C12H15N3. The summed E-state index contributed by atoms with van der Waals surface area (Å²) in [5.41, 5.74) is 9.92. The lowest BCUT2D eigenvalue weighted by Gasteiger charge is -1.96. The lowest BCUT2D eigenvalue weighted by Crippen LogP contribution is -1.98. The summed E-state index contributed by atoms with van der Waals surface area (Å²) >= 11 is 0. The molecule has 3 nitrogen and oxygen atoms in total. The fourth-order valence-corrected chi connectivity index (χ4v) is 1.54. The molecule has 0 saturated carbocycles. The largest absolute Gasteiger partial charge is 0.342 e. The number of aromatic nitrogens is 2. The topological polar surface area (TPSA) is 54.7 Å². The fourth-order valence-electron chi connectivity index (χ4n) is 1.54. The van der Waals surface area contributed by atoms with Crippen LogP contribution in [0.4, 0.5) is 0 Å². The molecule has 78 valence electrons. The third kappa shape index (κ3) is 1.92. The lowest BCUT2D eigenvalue weighted by atomic mass is 10.1. The molecule has 0 saturated heterocycles. The number of nitrogens with one attached hydrogen (secondary N) is 1. The van der Waals surface area contributed by atoms with Crippen LogP contribution in [0.5, 0.6) is 0 Å². The van der Waals surface area contributed by atoms with Crippen LogP contribution >= 0.6 is 0 Å². The van der Waals surface area contributed by atoms with Crippen LogP contribution < -0.4 is 5.73 Å². The summed E-state index contributed by atoms with van der Waals surface area (Å²) in [5, 5.41) is 0. The van der Waals surface area contributed by atoms with E-state index in [-0.39, 0.29) is 0 Å². The second-order valence-corrected chi connectivity index (χ2v) is 3.73. The van der Waals surface area contributed by atoms with Gasteiger partial charge in [0.15, 0.2) is 0 Å². The van der Waals surface area contributed by atoms with Crippen LogP contribution in [-0.2, 0) is 6.54 Å². The van der Waals surface area contributed by atoms with E-state index < -0.39 is 0 Å². The van der Waals surface area contributed by atoms with Gasteiger partial charge in [-0.1, -0.05) is 29.8 Å². The molecule has 3 heteroatoms. The summed E-state index contributed by atoms with van der Waals surface area (Å²) in [6.07, 6.45) is 0. The monoisotopic (exact) mass is 201 g/mol. The quantitative estimate of drug-likeness (QED) is 0.782. The van der Waals surface area contributed by atoms with Gasteiger partial charge in [0.2, 0.25) is 0 Å². The normalized spacial score (nSPS) is 10.6. The van der Waals surface area contributed by atoms with Gasteiger partial charge in [0, 0.05) is 17.8 Å². The van der Waals surface area contributed by atoms with Crippen molar-refractivity contribution in [3.05, 3.63) is 41.2 Å². The second kappa shape index (κ2) is 3.87. The van der Waals surface area contributed by atoms with E-state index in [0.29, 0.717) is 6.54 Å². The smallest absolute Gasteiger partial charge is 0.137 e. The molecule has 1 heterocycles. The lowest BCUT2D eigenvalue weighted by molar-refractivity contribution is 0.993. The standard InChI is InChI=1S/C12H15N3/c1-8-3-5-10(6-4-8)12-14-9(2)11(7-13)15-12/h3-6H,7,13H2,1-2H3,(H,14,15). The van der Waals surface area contributed by atoms with Gasteiger partial charge in [-0.2, -0.15) is 0 Å². The van der Waals surface area contributed by atoms with Crippen molar-refractivity contribution in [1.29, 1.82) is 0 Å². The molecule has 0 fully saturated rings. The maximum absolute atomic E-state index is 5.58. The Morgan fingerprint density at radius 2 is 1.87 bits per heavy atom. The number of benzene rings is 1. The number of imidazole rings is 1. The molecule has 0 amide bonds. The molecule has 0 unspecified atom stereocenters. The second-order valence-electron chi connectivity index (χ2n) is 3.73. The minimum atomic E-state index is 0.480. The molecule has 0 aliphatic carbocycles. The van der Waals surface area contributed by atoms with Crippen molar-refractivity contribution in [3.8, 4) is 11.4 Å². The Labute approximate surface area is 89.4 Å². The molecule has 0 atom stereocenters. The van der Waals surface area contributed by atoms with Crippen LogP contribution in [0.3, 0.4) is 0 Å². The van der Waals surface area contributed by atoms with Gasteiger partial charge in [-0.25, -0.2) is 4.98 Å². The maximum atomic E-state index is 5.58. The highest BCUT2D eigenvalue weighted by Crippen LogP contribution is 2.18. The van der Waals surface area contributed by atoms with Gasteiger partial charge in [0.25, 0.3) is 0 Å². The van der Waals surface area contributed by atoms with Crippen LogP contribution in [0.2, 0.25) is 0 Å². The molecule has 2 aromatic rings. The van der Waals surface area contributed by atoms with Crippen molar-refractivity contribution in [2.75, 3.05) is 0 Å². The van der Waals surface area contributed by atoms with E-state index in [4.69, 9.17) is 5.73 Å². The number of nitrogens with zero attached hydrogens (tertiary/aromatic N) is 1. The number of rotatable bonds is 2. The molecule has 0 bridgehead atoms. The summed E-state index contributed by atoms with van der Waals surface area (Å²) in [6.45, 7) is 4.55. The number of aryl methyl sites for hydroxylation is 2. The molecule has 15 heavy (non-hydrogen) atoms. The van der Waals surface area contributed by atoms with Gasteiger partial charge in [0.1, 0.15) is 5.82 Å². The summed E-state index contributed by atoms with van der Waals surface area (Å²) in [6, 6.07) is 8.28. The first kappa shape index (κ1) is 9.93. The first-order valence-corrected chi connectivity index (χ1v) is 5.03. The van der Waals surface area contributed by atoms with Gasteiger partial charge in [0.05, 0.1) is 5.69 Å². The van der Waals surface area contributed by atoms with Crippen molar-refractivity contribution in [2.45, 2.75) is 20.4 Å². The predicted octanol–water partition coefficient (Wildman–Crippen LogP) is 2.15. The third-order valence-corrected chi connectivity index (χ3v) is 2.50. The van der Waals surface area contributed by atoms with E-state index in [0.717, 1.165) is 22.8 Å². The summed E-state index contributed by atoms with van der Waals surface area (Å²) < 4.78 is 0. The Morgan fingerprint density at radius 3 is 2.40 bits per heavy atom. The molecule has 3 N–H and O–H groups in total. The van der Waals surface area contributed by atoms with E-state index in [1.165, 1.54) is 5.56 Å². The molecule has 1 aromatic heterocycles. The number of hydrogen-bond acceptors (Lipinski definition) is 2. The van der Waals surface area contributed by atoms with E-state index in [1.54, 1.807) is 0 Å². The van der Waals surface area contributed by atoms with Crippen molar-refractivity contribution in [2.24, 2.45) is 5.73 Å². The Kier molecular flexibility index (Phi) is 2.56. The van der Waals surface area contributed by atoms with Crippen LogP contribution in [0, 0.1) is 13.8 Å². The van der Waals surface area contributed by atoms with Gasteiger partial charge in [-0.3, -0.25) is 0 Å². The molecule has 0 aliphatic heterocycles. The average molecular weight is 201 g/mol. The van der Waals surface area contributed by atoms with Gasteiger partial charge in [-0.05, 0) is 13.8 Å².